The molecule has 0 atom stereocenters. The highest BCUT2D eigenvalue weighted by atomic mass is 79.9. The molecule has 2 rings (SSSR count). The van der Waals surface area contributed by atoms with Gasteiger partial charge in [-0.2, -0.15) is 0 Å². The minimum atomic E-state index is -0.0333. The van der Waals surface area contributed by atoms with Gasteiger partial charge in [0.05, 0.1) is 6.61 Å². The summed E-state index contributed by atoms with van der Waals surface area (Å²) in [4.78, 5) is 2.12. The highest BCUT2D eigenvalue weighted by molar-refractivity contribution is 9.10. The number of benzene rings is 2. The van der Waals surface area contributed by atoms with Crippen LogP contribution in [0, 0.1) is 0 Å². The van der Waals surface area contributed by atoms with Crippen LogP contribution in [-0.2, 0) is 13.2 Å². The number of anilines is 1. The molecule has 0 aliphatic rings. The Morgan fingerprint density at radius 1 is 1.21 bits per heavy atom. The van der Waals surface area contributed by atoms with Gasteiger partial charge in [-0.1, -0.05) is 45.7 Å². The molecule has 0 aliphatic carbocycles. The summed E-state index contributed by atoms with van der Waals surface area (Å²) in [6.07, 6.45) is 0. The Balaban J connectivity index is 2.15. The van der Waals surface area contributed by atoms with Crippen molar-refractivity contribution in [2.75, 3.05) is 11.9 Å². The van der Waals surface area contributed by atoms with Crippen molar-refractivity contribution >= 4 is 33.2 Å². The van der Waals surface area contributed by atoms with Gasteiger partial charge in [0.15, 0.2) is 0 Å². The van der Waals surface area contributed by atoms with Crippen LogP contribution in [0.1, 0.15) is 11.1 Å². The molecule has 0 amide bonds. The van der Waals surface area contributed by atoms with Crippen molar-refractivity contribution in [1.29, 1.82) is 0 Å². The second-order valence-corrected chi connectivity index (χ2v) is 5.74. The van der Waals surface area contributed by atoms with E-state index in [9.17, 15) is 0 Å². The van der Waals surface area contributed by atoms with E-state index in [2.05, 4.69) is 33.0 Å². The molecular weight excluding hydrogens is 326 g/mol. The molecule has 2 nitrogen and oxygen atoms in total. The zero-order chi connectivity index (χ0) is 13.8. The molecule has 0 unspecified atom stereocenters. The Kier molecular flexibility index (Phi) is 4.86. The number of aliphatic hydroxyl groups excluding tert-OH is 1. The van der Waals surface area contributed by atoms with E-state index in [1.54, 1.807) is 0 Å². The van der Waals surface area contributed by atoms with Crippen molar-refractivity contribution < 1.29 is 5.11 Å². The van der Waals surface area contributed by atoms with E-state index < -0.39 is 0 Å². The maximum atomic E-state index is 9.11. The average Bonchev–Trinajstić information content (AvgIpc) is 2.38. The number of rotatable bonds is 4. The van der Waals surface area contributed by atoms with Gasteiger partial charge >= 0.3 is 0 Å². The lowest BCUT2D eigenvalue weighted by atomic mass is 10.1. The molecule has 0 fully saturated rings. The fourth-order valence-electron chi connectivity index (χ4n) is 1.90. The van der Waals surface area contributed by atoms with Crippen LogP contribution in [0.4, 0.5) is 5.69 Å². The SMILES string of the molecule is CN(Cc1cccc(Br)c1)c1ccc(CO)c(Cl)c1. The van der Waals surface area contributed by atoms with Crippen LogP contribution < -0.4 is 4.90 Å². The van der Waals surface area contributed by atoms with Crippen molar-refractivity contribution in [1.82, 2.24) is 0 Å². The van der Waals surface area contributed by atoms with Crippen LogP contribution in [0.3, 0.4) is 0 Å². The normalized spacial score (nSPS) is 10.5. The van der Waals surface area contributed by atoms with Crippen molar-refractivity contribution in [3.63, 3.8) is 0 Å². The van der Waals surface area contributed by atoms with Gasteiger partial charge in [0.1, 0.15) is 0 Å². The van der Waals surface area contributed by atoms with E-state index in [0.29, 0.717) is 5.02 Å². The maximum Gasteiger partial charge on any atom is 0.0696 e. The van der Waals surface area contributed by atoms with Crippen LogP contribution in [0.25, 0.3) is 0 Å². The summed E-state index contributed by atoms with van der Waals surface area (Å²) in [6, 6.07) is 13.9. The maximum absolute atomic E-state index is 9.11. The highest BCUT2D eigenvalue weighted by Crippen LogP contribution is 2.24. The number of hydrogen-bond acceptors (Lipinski definition) is 2. The Morgan fingerprint density at radius 2 is 2.00 bits per heavy atom. The fourth-order valence-corrected chi connectivity index (χ4v) is 2.58. The molecule has 19 heavy (non-hydrogen) atoms. The molecule has 4 heteroatoms. The summed E-state index contributed by atoms with van der Waals surface area (Å²) in [7, 11) is 2.02. The zero-order valence-corrected chi connectivity index (χ0v) is 12.9. The van der Waals surface area contributed by atoms with Gasteiger partial charge in [0, 0.05) is 28.8 Å². The molecule has 0 aromatic heterocycles. The Morgan fingerprint density at radius 3 is 2.63 bits per heavy atom. The molecule has 1 N–H and O–H groups in total. The predicted molar refractivity (Wildman–Crippen MR) is 83.6 cm³/mol. The van der Waals surface area contributed by atoms with Gasteiger partial charge in [0.25, 0.3) is 0 Å². The quantitative estimate of drug-likeness (QED) is 0.900. The molecule has 0 saturated heterocycles. The second-order valence-electron chi connectivity index (χ2n) is 4.42. The van der Waals surface area contributed by atoms with Gasteiger partial charge in [-0.15, -0.1) is 0 Å². The van der Waals surface area contributed by atoms with E-state index in [1.807, 2.05) is 37.4 Å². The lowest BCUT2D eigenvalue weighted by molar-refractivity contribution is 0.282. The minimum absolute atomic E-state index is 0.0333. The van der Waals surface area contributed by atoms with Gasteiger partial charge in [-0.3, -0.25) is 0 Å². The molecule has 2 aromatic carbocycles. The van der Waals surface area contributed by atoms with E-state index in [0.717, 1.165) is 22.3 Å². The molecule has 0 bridgehead atoms. The van der Waals surface area contributed by atoms with Crippen molar-refractivity contribution in [2.45, 2.75) is 13.2 Å². The van der Waals surface area contributed by atoms with Crippen molar-refractivity contribution in [2.24, 2.45) is 0 Å². The first-order chi connectivity index (χ1) is 9.10. The van der Waals surface area contributed by atoms with Gasteiger partial charge in [-0.05, 0) is 35.4 Å². The van der Waals surface area contributed by atoms with Crippen LogP contribution in [0.2, 0.25) is 5.02 Å². The summed E-state index contributed by atoms with van der Waals surface area (Å²) in [5.41, 5.74) is 3.00. The molecule has 0 radical (unpaired) electrons. The van der Waals surface area contributed by atoms with Crippen LogP contribution in [-0.4, -0.2) is 12.2 Å². The molecular formula is C15H15BrClNO. The van der Waals surface area contributed by atoms with Crippen molar-refractivity contribution in [3.8, 4) is 0 Å². The third kappa shape index (κ3) is 3.72. The molecule has 0 aliphatic heterocycles. The lowest BCUT2D eigenvalue weighted by Gasteiger charge is -2.20. The van der Waals surface area contributed by atoms with Crippen LogP contribution in [0.15, 0.2) is 46.9 Å². The summed E-state index contributed by atoms with van der Waals surface area (Å²) < 4.78 is 1.08. The number of nitrogens with zero attached hydrogens (tertiary/aromatic N) is 1. The van der Waals surface area contributed by atoms with E-state index in [4.69, 9.17) is 16.7 Å². The Hall–Kier alpha value is -1.03. The molecule has 2 aromatic rings. The first-order valence-electron chi connectivity index (χ1n) is 5.95. The lowest BCUT2D eigenvalue weighted by Crippen LogP contribution is -2.16. The standard InChI is InChI=1S/C15H15BrClNO/c1-18(9-11-3-2-4-13(16)7-11)14-6-5-12(10-19)15(17)8-14/h2-8,19H,9-10H2,1H3. The monoisotopic (exact) mass is 339 g/mol. The van der Waals surface area contributed by atoms with Gasteiger partial charge in [0.2, 0.25) is 0 Å². The molecule has 0 saturated carbocycles. The second kappa shape index (κ2) is 6.42. The van der Waals surface area contributed by atoms with Gasteiger partial charge in [-0.25, -0.2) is 0 Å². The molecule has 0 spiro atoms. The zero-order valence-electron chi connectivity index (χ0n) is 10.6. The number of aliphatic hydroxyl groups is 1. The van der Waals surface area contributed by atoms with E-state index in [1.165, 1.54) is 5.56 Å². The fraction of sp³-hybridized carbons (Fsp3) is 0.200. The topological polar surface area (TPSA) is 23.5 Å². The Bertz CT molecular complexity index is 574. The summed E-state index contributed by atoms with van der Waals surface area (Å²) in [5.74, 6) is 0. The highest BCUT2D eigenvalue weighted by Gasteiger charge is 2.06. The van der Waals surface area contributed by atoms with E-state index >= 15 is 0 Å². The van der Waals surface area contributed by atoms with Crippen LogP contribution in [0.5, 0.6) is 0 Å². The number of hydrogen-bond donors (Lipinski definition) is 1. The minimum Gasteiger partial charge on any atom is -0.392 e. The van der Waals surface area contributed by atoms with Crippen LogP contribution >= 0.6 is 27.5 Å². The third-order valence-electron chi connectivity index (χ3n) is 2.96. The molecule has 0 heterocycles. The first-order valence-corrected chi connectivity index (χ1v) is 7.12. The molecule has 100 valence electrons. The first kappa shape index (κ1) is 14.4. The predicted octanol–water partition coefficient (Wildman–Crippen LogP) is 4.23. The van der Waals surface area contributed by atoms with E-state index in [-0.39, 0.29) is 6.61 Å². The average molecular weight is 341 g/mol. The van der Waals surface area contributed by atoms with Gasteiger partial charge < -0.3 is 10.0 Å². The Labute approximate surface area is 126 Å². The summed E-state index contributed by atoms with van der Waals surface area (Å²) in [6.45, 7) is 0.767. The summed E-state index contributed by atoms with van der Waals surface area (Å²) in [5, 5.41) is 9.71. The summed E-state index contributed by atoms with van der Waals surface area (Å²) >= 11 is 9.58. The largest absolute Gasteiger partial charge is 0.392 e. The van der Waals surface area contributed by atoms with Crippen molar-refractivity contribution in [3.05, 3.63) is 63.1 Å². The number of halogens is 2. The smallest absolute Gasteiger partial charge is 0.0696 e. The third-order valence-corrected chi connectivity index (χ3v) is 3.80.